The van der Waals surface area contributed by atoms with E-state index in [4.69, 9.17) is 0 Å². The first-order valence-electron chi connectivity index (χ1n) is 8.51. The van der Waals surface area contributed by atoms with Crippen molar-refractivity contribution in [1.82, 2.24) is 9.29 Å². The number of benzene rings is 2. The summed E-state index contributed by atoms with van der Waals surface area (Å²) in [5.41, 5.74) is 1.35. The lowest BCUT2D eigenvalue weighted by Crippen LogP contribution is -2.48. The highest BCUT2D eigenvalue weighted by Gasteiger charge is 2.43. The quantitative estimate of drug-likeness (QED) is 0.670. The zero-order chi connectivity index (χ0) is 19.9. The lowest BCUT2D eigenvalue weighted by atomic mass is 10.2. The maximum absolute atomic E-state index is 13.7. The van der Waals surface area contributed by atoms with Crippen molar-refractivity contribution >= 4 is 27.6 Å². The Morgan fingerprint density at radius 1 is 1.04 bits per heavy atom. The number of hydrogen-bond acceptors (Lipinski definition) is 4. The Labute approximate surface area is 161 Å². The fourth-order valence-electron chi connectivity index (χ4n) is 3.08. The topological polar surface area (TPSA) is 70.6 Å². The van der Waals surface area contributed by atoms with Gasteiger partial charge in [0.2, 0.25) is 0 Å². The van der Waals surface area contributed by atoms with Gasteiger partial charge in [-0.3, -0.25) is 0 Å². The van der Waals surface area contributed by atoms with Gasteiger partial charge in [-0.05, 0) is 48.4 Å². The fourth-order valence-corrected chi connectivity index (χ4v) is 4.55. The Morgan fingerprint density at radius 2 is 1.79 bits per heavy atom. The van der Waals surface area contributed by atoms with E-state index in [1.807, 2.05) is 6.07 Å². The molecule has 6 nitrogen and oxygen atoms in total. The number of carbonyl (C=O) groups excluding carboxylic acids is 1. The van der Waals surface area contributed by atoms with Gasteiger partial charge in [0.15, 0.2) is 5.82 Å². The average Bonchev–Trinajstić information content (AvgIpc) is 2.69. The molecule has 0 radical (unpaired) electrons. The standard InChI is InChI=1S/C20H16FN3O3S/c1-14-12-16(9-10-17(14)21)24-19-18(8-5-11-22-19)28(26,27)23(20(24)25)13-15-6-3-2-4-7-15/h2-12H,13H2,1H3. The molecular weight excluding hydrogens is 381 g/mol. The van der Waals surface area contributed by atoms with Crippen molar-refractivity contribution in [3.8, 4) is 0 Å². The molecule has 0 fully saturated rings. The molecular formula is C20H16FN3O3S. The van der Waals surface area contributed by atoms with Crippen LogP contribution in [0.2, 0.25) is 0 Å². The minimum Gasteiger partial charge on any atom is -0.246 e. The second kappa shape index (κ2) is 6.72. The normalized spacial score (nSPS) is 15.4. The highest BCUT2D eigenvalue weighted by Crippen LogP contribution is 2.38. The number of aromatic nitrogens is 1. The van der Waals surface area contributed by atoms with Crippen molar-refractivity contribution in [2.24, 2.45) is 0 Å². The number of pyridine rings is 1. The van der Waals surface area contributed by atoms with E-state index in [0.717, 1.165) is 4.31 Å². The number of anilines is 2. The molecule has 4 rings (SSSR count). The van der Waals surface area contributed by atoms with Gasteiger partial charge >= 0.3 is 6.03 Å². The van der Waals surface area contributed by atoms with Gasteiger partial charge in [0.1, 0.15) is 10.7 Å². The zero-order valence-corrected chi connectivity index (χ0v) is 15.7. The summed E-state index contributed by atoms with van der Waals surface area (Å²) < 4.78 is 40.7. The van der Waals surface area contributed by atoms with Crippen LogP contribution in [0.1, 0.15) is 11.1 Å². The van der Waals surface area contributed by atoms with Gasteiger partial charge < -0.3 is 0 Å². The first kappa shape index (κ1) is 18.1. The number of amides is 2. The Balaban J connectivity index is 1.88. The monoisotopic (exact) mass is 397 g/mol. The molecule has 1 aliphatic heterocycles. The SMILES string of the molecule is Cc1cc(N2C(=O)N(Cc3ccccc3)S(=O)(=O)c3cccnc32)ccc1F. The summed E-state index contributed by atoms with van der Waals surface area (Å²) in [6.07, 6.45) is 1.41. The lowest BCUT2D eigenvalue weighted by Gasteiger charge is -2.35. The predicted octanol–water partition coefficient (Wildman–Crippen LogP) is 3.99. The maximum Gasteiger partial charge on any atom is 0.344 e. The van der Waals surface area contributed by atoms with Crippen LogP contribution in [0, 0.1) is 12.7 Å². The van der Waals surface area contributed by atoms with Gasteiger partial charge in [0, 0.05) is 6.20 Å². The van der Waals surface area contributed by atoms with Crippen LogP contribution >= 0.6 is 0 Å². The van der Waals surface area contributed by atoms with Crippen LogP contribution in [0.15, 0.2) is 71.8 Å². The van der Waals surface area contributed by atoms with E-state index >= 15 is 0 Å². The number of sulfonamides is 1. The zero-order valence-electron chi connectivity index (χ0n) is 14.9. The predicted molar refractivity (Wildman–Crippen MR) is 102 cm³/mol. The maximum atomic E-state index is 13.7. The third kappa shape index (κ3) is 2.91. The smallest absolute Gasteiger partial charge is 0.246 e. The van der Waals surface area contributed by atoms with E-state index < -0.39 is 21.9 Å². The summed E-state index contributed by atoms with van der Waals surface area (Å²) in [5, 5.41) is 0. The molecule has 1 aliphatic rings. The van der Waals surface area contributed by atoms with Crippen molar-refractivity contribution in [3.05, 3.63) is 83.8 Å². The molecule has 0 aliphatic carbocycles. The van der Waals surface area contributed by atoms with E-state index in [0.29, 0.717) is 16.8 Å². The number of aryl methyl sites for hydroxylation is 1. The van der Waals surface area contributed by atoms with Gasteiger partial charge in [-0.15, -0.1) is 0 Å². The van der Waals surface area contributed by atoms with Crippen molar-refractivity contribution in [2.75, 3.05) is 4.90 Å². The molecule has 0 unspecified atom stereocenters. The minimum atomic E-state index is -4.08. The van der Waals surface area contributed by atoms with Crippen molar-refractivity contribution < 1.29 is 17.6 Å². The molecule has 2 heterocycles. The van der Waals surface area contributed by atoms with E-state index in [1.165, 1.54) is 41.4 Å². The fraction of sp³-hybridized carbons (Fsp3) is 0.100. The molecule has 2 amide bonds. The van der Waals surface area contributed by atoms with Gasteiger partial charge in [0.25, 0.3) is 10.0 Å². The van der Waals surface area contributed by atoms with Crippen LogP contribution in [0.4, 0.5) is 20.7 Å². The molecule has 0 bridgehead atoms. The van der Waals surface area contributed by atoms with Crippen LogP contribution < -0.4 is 4.90 Å². The molecule has 8 heteroatoms. The average molecular weight is 397 g/mol. The first-order chi connectivity index (χ1) is 13.4. The summed E-state index contributed by atoms with van der Waals surface area (Å²) >= 11 is 0. The van der Waals surface area contributed by atoms with Crippen molar-refractivity contribution in [1.29, 1.82) is 0 Å². The Kier molecular flexibility index (Phi) is 4.35. The van der Waals surface area contributed by atoms with Crippen LogP contribution in [0.25, 0.3) is 0 Å². The number of carbonyl (C=O) groups is 1. The van der Waals surface area contributed by atoms with E-state index in [-0.39, 0.29) is 17.3 Å². The second-order valence-corrected chi connectivity index (χ2v) is 8.20. The molecule has 142 valence electrons. The minimum absolute atomic E-state index is 0.00261. The number of hydrogen-bond donors (Lipinski definition) is 0. The number of urea groups is 1. The van der Waals surface area contributed by atoms with E-state index in [2.05, 4.69) is 4.98 Å². The summed E-state index contributed by atoms with van der Waals surface area (Å²) in [7, 11) is -4.08. The van der Waals surface area contributed by atoms with Crippen LogP contribution in [-0.4, -0.2) is 23.7 Å². The van der Waals surface area contributed by atoms with Gasteiger partial charge in [-0.2, -0.15) is 0 Å². The number of fused-ring (bicyclic) bond motifs is 1. The molecule has 28 heavy (non-hydrogen) atoms. The first-order valence-corrected chi connectivity index (χ1v) is 9.95. The third-order valence-corrected chi connectivity index (χ3v) is 6.24. The van der Waals surface area contributed by atoms with E-state index in [9.17, 15) is 17.6 Å². The molecule has 3 aromatic rings. The van der Waals surface area contributed by atoms with E-state index in [1.54, 1.807) is 31.2 Å². The summed E-state index contributed by atoms with van der Waals surface area (Å²) in [5.74, 6) is -0.411. The van der Waals surface area contributed by atoms with Gasteiger partial charge in [0.05, 0.1) is 12.2 Å². The van der Waals surface area contributed by atoms with Gasteiger partial charge in [-0.1, -0.05) is 30.3 Å². The Bertz CT molecular complexity index is 1170. The highest BCUT2D eigenvalue weighted by molar-refractivity contribution is 7.90. The molecule has 1 aromatic heterocycles. The molecule has 0 saturated carbocycles. The summed E-state index contributed by atoms with van der Waals surface area (Å²) in [6, 6.07) is 15.1. The van der Waals surface area contributed by atoms with Gasteiger partial charge in [-0.25, -0.2) is 31.8 Å². The number of rotatable bonds is 3. The van der Waals surface area contributed by atoms with Crippen LogP contribution in [0.3, 0.4) is 0 Å². The number of nitrogens with zero attached hydrogens (tertiary/aromatic N) is 3. The Morgan fingerprint density at radius 3 is 2.50 bits per heavy atom. The molecule has 2 aromatic carbocycles. The highest BCUT2D eigenvalue weighted by atomic mass is 32.2. The largest absolute Gasteiger partial charge is 0.344 e. The summed E-state index contributed by atoms with van der Waals surface area (Å²) in [4.78, 5) is 18.5. The molecule has 0 saturated heterocycles. The Hall–Kier alpha value is -3.26. The third-order valence-electron chi connectivity index (χ3n) is 4.50. The van der Waals surface area contributed by atoms with Crippen LogP contribution in [-0.2, 0) is 16.6 Å². The van der Waals surface area contributed by atoms with Crippen molar-refractivity contribution in [2.45, 2.75) is 18.4 Å². The number of halogens is 1. The van der Waals surface area contributed by atoms with Crippen molar-refractivity contribution in [3.63, 3.8) is 0 Å². The molecule has 0 spiro atoms. The summed E-state index contributed by atoms with van der Waals surface area (Å²) in [6.45, 7) is 1.46. The molecule has 0 atom stereocenters. The van der Waals surface area contributed by atoms with Crippen LogP contribution in [0.5, 0.6) is 0 Å². The second-order valence-electron chi connectivity index (χ2n) is 6.37. The molecule has 0 N–H and O–H groups in total. The lowest BCUT2D eigenvalue weighted by molar-refractivity contribution is 0.229.